The molecule has 1 saturated heterocycles. The van der Waals surface area contributed by atoms with Crippen LogP contribution in [0.25, 0.3) is 11.4 Å². The number of H-pyrrole nitrogens is 1. The molecule has 1 aliphatic rings. The van der Waals surface area contributed by atoms with E-state index in [1.54, 1.807) is 12.3 Å². The van der Waals surface area contributed by atoms with E-state index >= 15 is 0 Å². The van der Waals surface area contributed by atoms with E-state index in [1.165, 1.54) is 31.5 Å². The van der Waals surface area contributed by atoms with Crippen molar-refractivity contribution in [1.82, 2.24) is 24.6 Å². The van der Waals surface area contributed by atoms with Gasteiger partial charge in [-0.1, -0.05) is 31.2 Å². The van der Waals surface area contributed by atoms with Gasteiger partial charge in [0.2, 0.25) is 0 Å². The molecule has 0 spiro atoms. The van der Waals surface area contributed by atoms with E-state index in [2.05, 4.69) is 51.2 Å². The lowest BCUT2D eigenvalue weighted by Gasteiger charge is -2.30. The van der Waals surface area contributed by atoms with E-state index in [0.29, 0.717) is 18.8 Å². The molecule has 1 atom stereocenters. The summed E-state index contributed by atoms with van der Waals surface area (Å²) < 4.78 is 1.85. The van der Waals surface area contributed by atoms with Crippen LogP contribution in [0.3, 0.4) is 0 Å². The predicted octanol–water partition coefficient (Wildman–Crippen LogP) is 3.11. The Morgan fingerprint density at radius 2 is 2.11 bits per heavy atom. The predicted molar refractivity (Wildman–Crippen MR) is 110 cm³/mol. The third kappa shape index (κ3) is 4.75. The van der Waals surface area contributed by atoms with Crippen molar-refractivity contribution in [2.75, 3.05) is 13.1 Å². The van der Waals surface area contributed by atoms with Gasteiger partial charge in [0.1, 0.15) is 5.82 Å². The maximum absolute atomic E-state index is 12.1. The van der Waals surface area contributed by atoms with Gasteiger partial charge in [0, 0.05) is 50.1 Å². The minimum absolute atomic E-state index is 0.119. The molecular weight excluding hydrogens is 350 g/mol. The Balaban J connectivity index is 1.45. The van der Waals surface area contributed by atoms with Crippen LogP contribution in [-0.4, -0.2) is 37.7 Å². The van der Waals surface area contributed by atoms with Crippen LogP contribution in [0.15, 0.2) is 53.6 Å². The van der Waals surface area contributed by atoms with Crippen LogP contribution in [0.1, 0.15) is 31.0 Å². The van der Waals surface area contributed by atoms with Gasteiger partial charge < -0.3 is 4.98 Å². The van der Waals surface area contributed by atoms with Crippen molar-refractivity contribution in [2.24, 2.45) is 5.92 Å². The zero-order chi connectivity index (χ0) is 19.3. The van der Waals surface area contributed by atoms with Gasteiger partial charge in [0.05, 0.1) is 5.69 Å². The fourth-order valence-corrected chi connectivity index (χ4v) is 3.89. The lowest BCUT2D eigenvalue weighted by atomic mass is 9.99. The molecule has 3 heterocycles. The number of rotatable bonds is 6. The van der Waals surface area contributed by atoms with E-state index in [-0.39, 0.29) is 5.56 Å². The highest BCUT2D eigenvalue weighted by molar-refractivity contribution is 5.55. The third-order valence-electron chi connectivity index (χ3n) is 5.33. The highest BCUT2D eigenvalue weighted by Crippen LogP contribution is 2.20. The summed E-state index contributed by atoms with van der Waals surface area (Å²) in [7, 11) is 0. The summed E-state index contributed by atoms with van der Waals surface area (Å²) >= 11 is 0. The largest absolute Gasteiger partial charge is 0.307 e. The summed E-state index contributed by atoms with van der Waals surface area (Å²) in [5, 5.41) is 4.20. The van der Waals surface area contributed by atoms with Gasteiger partial charge in [-0.05, 0) is 36.9 Å². The Morgan fingerprint density at radius 3 is 2.86 bits per heavy atom. The second-order valence-electron chi connectivity index (χ2n) is 7.78. The molecule has 28 heavy (non-hydrogen) atoms. The maximum Gasteiger partial charge on any atom is 0.251 e. The van der Waals surface area contributed by atoms with Crippen LogP contribution in [0.5, 0.6) is 0 Å². The Hall–Kier alpha value is -2.73. The zero-order valence-corrected chi connectivity index (χ0v) is 16.3. The monoisotopic (exact) mass is 377 g/mol. The van der Waals surface area contributed by atoms with E-state index in [9.17, 15) is 4.79 Å². The molecule has 6 nitrogen and oxygen atoms in total. The van der Waals surface area contributed by atoms with Crippen molar-refractivity contribution < 1.29 is 0 Å². The molecule has 0 radical (unpaired) electrons. The molecule has 146 valence electrons. The van der Waals surface area contributed by atoms with Crippen LogP contribution in [-0.2, 0) is 19.5 Å². The first-order chi connectivity index (χ1) is 13.7. The van der Waals surface area contributed by atoms with E-state index in [4.69, 9.17) is 0 Å². The molecule has 4 rings (SSSR count). The van der Waals surface area contributed by atoms with Crippen molar-refractivity contribution in [3.05, 3.63) is 70.4 Å². The number of nitrogens with one attached hydrogen (secondary N) is 1. The third-order valence-corrected chi connectivity index (χ3v) is 5.33. The first kappa shape index (κ1) is 18.6. The second-order valence-corrected chi connectivity index (χ2v) is 7.78. The number of benzene rings is 1. The average Bonchev–Trinajstić information content (AvgIpc) is 3.20. The molecule has 3 aromatic rings. The molecule has 0 bridgehead atoms. The fourth-order valence-electron chi connectivity index (χ4n) is 3.89. The number of aromatic nitrogens is 4. The van der Waals surface area contributed by atoms with Crippen molar-refractivity contribution in [1.29, 1.82) is 0 Å². The van der Waals surface area contributed by atoms with E-state index in [0.717, 1.165) is 23.7 Å². The minimum Gasteiger partial charge on any atom is -0.307 e. The Kier molecular flexibility index (Phi) is 5.67. The first-order valence-electron chi connectivity index (χ1n) is 10.0. The number of aromatic amines is 1. The SMILES string of the molecule is C[C@@H]1CCCN(Cc2ccc(-c3nc(CCn4cccn4)cc(=O)[nH]3)cc2)C1. The molecule has 2 aromatic heterocycles. The molecule has 1 aromatic carbocycles. The smallest absolute Gasteiger partial charge is 0.251 e. The Bertz CT molecular complexity index is 946. The van der Waals surface area contributed by atoms with E-state index < -0.39 is 0 Å². The fraction of sp³-hybridized carbons (Fsp3) is 0.409. The normalized spacial score (nSPS) is 17.7. The molecule has 1 aliphatic heterocycles. The summed E-state index contributed by atoms with van der Waals surface area (Å²) in [5.41, 5.74) is 2.90. The zero-order valence-electron chi connectivity index (χ0n) is 16.3. The van der Waals surface area contributed by atoms with Crippen molar-refractivity contribution in [2.45, 2.75) is 39.3 Å². The molecule has 1 N–H and O–H groups in total. The summed E-state index contributed by atoms with van der Waals surface area (Å²) in [6.45, 7) is 6.37. The van der Waals surface area contributed by atoms with Gasteiger partial charge in [-0.15, -0.1) is 0 Å². The summed E-state index contributed by atoms with van der Waals surface area (Å²) in [6.07, 6.45) is 6.96. The molecule has 0 unspecified atom stereocenters. The first-order valence-corrected chi connectivity index (χ1v) is 10.0. The van der Waals surface area contributed by atoms with Gasteiger partial charge in [-0.25, -0.2) is 4.98 Å². The number of hydrogen-bond acceptors (Lipinski definition) is 4. The Labute approximate surface area is 165 Å². The summed E-state index contributed by atoms with van der Waals surface area (Å²) in [5.74, 6) is 1.41. The van der Waals surface area contributed by atoms with Crippen molar-refractivity contribution in [3.8, 4) is 11.4 Å². The van der Waals surface area contributed by atoms with E-state index in [1.807, 2.05) is 16.9 Å². The standard InChI is InChI=1S/C22H27N5O/c1-17-4-2-11-26(15-17)16-18-5-7-19(8-6-18)22-24-20(14-21(28)25-22)9-13-27-12-3-10-23-27/h3,5-8,10,12,14,17H,2,4,9,11,13,15-16H2,1H3,(H,24,25,28)/t17-/m1/s1. The number of aryl methyl sites for hydroxylation is 2. The van der Waals surface area contributed by atoms with Gasteiger partial charge in [-0.2, -0.15) is 5.10 Å². The van der Waals surface area contributed by atoms with Crippen LogP contribution in [0, 0.1) is 5.92 Å². The van der Waals surface area contributed by atoms with Crippen molar-refractivity contribution in [3.63, 3.8) is 0 Å². The van der Waals surface area contributed by atoms with Crippen LogP contribution in [0.2, 0.25) is 0 Å². The van der Waals surface area contributed by atoms with Gasteiger partial charge in [0.25, 0.3) is 5.56 Å². The van der Waals surface area contributed by atoms with Gasteiger partial charge in [0.15, 0.2) is 0 Å². The minimum atomic E-state index is -0.119. The van der Waals surface area contributed by atoms with Crippen LogP contribution in [0.4, 0.5) is 0 Å². The number of piperidine rings is 1. The Morgan fingerprint density at radius 1 is 1.25 bits per heavy atom. The average molecular weight is 377 g/mol. The highest BCUT2D eigenvalue weighted by atomic mass is 16.1. The molecule has 0 aliphatic carbocycles. The molecular formula is C22H27N5O. The molecule has 1 fully saturated rings. The number of nitrogens with zero attached hydrogens (tertiary/aromatic N) is 4. The molecule has 0 saturated carbocycles. The number of hydrogen-bond donors (Lipinski definition) is 1. The summed E-state index contributed by atoms with van der Waals surface area (Å²) in [6, 6.07) is 11.9. The van der Waals surface area contributed by atoms with Crippen LogP contribution >= 0.6 is 0 Å². The highest BCUT2D eigenvalue weighted by Gasteiger charge is 2.16. The maximum atomic E-state index is 12.1. The molecule has 0 amide bonds. The lowest BCUT2D eigenvalue weighted by Crippen LogP contribution is -2.33. The van der Waals surface area contributed by atoms with Crippen molar-refractivity contribution >= 4 is 0 Å². The topological polar surface area (TPSA) is 66.8 Å². The van der Waals surface area contributed by atoms with Gasteiger partial charge >= 0.3 is 0 Å². The van der Waals surface area contributed by atoms with Gasteiger partial charge in [-0.3, -0.25) is 14.4 Å². The number of likely N-dealkylation sites (tertiary alicyclic amines) is 1. The lowest BCUT2D eigenvalue weighted by molar-refractivity contribution is 0.176. The van der Waals surface area contributed by atoms with Crippen LogP contribution < -0.4 is 5.56 Å². The quantitative estimate of drug-likeness (QED) is 0.717. The second kappa shape index (κ2) is 8.52. The molecule has 6 heteroatoms. The summed E-state index contributed by atoms with van der Waals surface area (Å²) in [4.78, 5) is 22.1.